The molecule has 0 fully saturated rings. The Labute approximate surface area is 144 Å². The van der Waals surface area contributed by atoms with Crippen LogP contribution in [0.1, 0.15) is 22.8 Å². The molecule has 0 aliphatic heterocycles. The van der Waals surface area contributed by atoms with Crippen molar-refractivity contribution < 1.29 is 14.3 Å². The Kier molecular flexibility index (Phi) is 5.64. The lowest BCUT2D eigenvalue weighted by molar-refractivity contribution is -0.123. The maximum absolute atomic E-state index is 12.1. The van der Waals surface area contributed by atoms with Crippen LogP contribution in [0.4, 0.5) is 5.69 Å². The van der Waals surface area contributed by atoms with Crippen LogP contribution >= 0.6 is 23.2 Å². The topological polar surface area (TPSA) is 55.4 Å². The minimum Gasteiger partial charge on any atom is -0.449 e. The highest BCUT2D eigenvalue weighted by Gasteiger charge is 2.22. The van der Waals surface area contributed by atoms with Gasteiger partial charge in [-0.25, -0.2) is 4.79 Å². The summed E-state index contributed by atoms with van der Waals surface area (Å²) in [5.74, 6) is -1.18. The summed E-state index contributed by atoms with van der Waals surface area (Å²) in [6, 6.07) is 12.0. The van der Waals surface area contributed by atoms with Crippen molar-refractivity contribution in [2.75, 3.05) is 5.32 Å². The molecule has 2 aromatic carbocycles. The lowest BCUT2D eigenvalue weighted by Gasteiger charge is -2.14. The monoisotopic (exact) mass is 351 g/mol. The third-order valence-corrected chi connectivity index (χ3v) is 3.77. The van der Waals surface area contributed by atoms with Gasteiger partial charge in [0, 0.05) is 5.69 Å². The number of nitrogens with one attached hydrogen (secondary N) is 1. The smallest absolute Gasteiger partial charge is 0.341 e. The van der Waals surface area contributed by atoms with Crippen LogP contribution in [0, 0.1) is 6.92 Å². The lowest BCUT2D eigenvalue weighted by Crippen LogP contribution is -2.30. The summed E-state index contributed by atoms with van der Waals surface area (Å²) >= 11 is 11.9. The quantitative estimate of drug-likeness (QED) is 0.825. The largest absolute Gasteiger partial charge is 0.449 e. The Bertz CT molecular complexity index is 709. The third kappa shape index (κ3) is 4.47. The number of hydrogen-bond acceptors (Lipinski definition) is 3. The number of hydrogen-bond donors (Lipinski definition) is 1. The number of carbonyl (C=O) groups excluding carboxylic acids is 2. The Morgan fingerprint density at radius 2 is 1.61 bits per heavy atom. The second-order valence-corrected chi connectivity index (χ2v) is 5.81. The van der Waals surface area contributed by atoms with Crippen molar-refractivity contribution in [3.05, 3.63) is 63.6 Å². The van der Waals surface area contributed by atoms with Crippen LogP contribution in [-0.2, 0) is 9.53 Å². The van der Waals surface area contributed by atoms with E-state index in [1.54, 1.807) is 18.2 Å². The van der Waals surface area contributed by atoms with Gasteiger partial charge in [0.15, 0.2) is 6.10 Å². The van der Waals surface area contributed by atoms with Crippen molar-refractivity contribution in [2.45, 2.75) is 20.0 Å². The zero-order chi connectivity index (χ0) is 17.0. The summed E-state index contributed by atoms with van der Waals surface area (Å²) in [6.07, 6.45) is -0.990. The summed E-state index contributed by atoms with van der Waals surface area (Å²) in [4.78, 5) is 24.2. The summed E-state index contributed by atoms with van der Waals surface area (Å²) in [5.41, 5.74) is 1.75. The third-order valence-electron chi connectivity index (χ3n) is 3.14. The fourth-order valence-electron chi connectivity index (χ4n) is 1.85. The highest BCUT2D eigenvalue weighted by atomic mass is 35.5. The van der Waals surface area contributed by atoms with Crippen LogP contribution in [0.15, 0.2) is 42.5 Å². The Morgan fingerprint density at radius 1 is 1.04 bits per heavy atom. The number of esters is 1. The molecule has 0 bridgehead atoms. The SMILES string of the molecule is Cc1ccc(NC(=O)[C@H](C)OC(=O)c2c(Cl)cccc2Cl)cc1. The van der Waals surface area contributed by atoms with Gasteiger partial charge >= 0.3 is 5.97 Å². The molecule has 1 amide bonds. The van der Waals surface area contributed by atoms with Gasteiger partial charge in [-0.15, -0.1) is 0 Å². The maximum Gasteiger partial charge on any atom is 0.341 e. The molecule has 23 heavy (non-hydrogen) atoms. The number of ether oxygens (including phenoxy) is 1. The number of anilines is 1. The van der Waals surface area contributed by atoms with Gasteiger partial charge in [-0.05, 0) is 38.1 Å². The highest BCUT2D eigenvalue weighted by molar-refractivity contribution is 6.39. The average Bonchev–Trinajstić information content (AvgIpc) is 2.49. The first-order valence-electron chi connectivity index (χ1n) is 6.91. The van der Waals surface area contributed by atoms with Crippen molar-refractivity contribution in [2.24, 2.45) is 0 Å². The van der Waals surface area contributed by atoms with Gasteiger partial charge in [-0.1, -0.05) is 47.0 Å². The van der Waals surface area contributed by atoms with Crippen LogP contribution in [0.3, 0.4) is 0 Å². The Balaban J connectivity index is 2.03. The normalized spacial score (nSPS) is 11.7. The number of rotatable bonds is 4. The second kappa shape index (κ2) is 7.49. The first-order chi connectivity index (χ1) is 10.9. The van der Waals surface area contributed by atoms with E-state index in [9.17, 15) is 9.59 Å². The van der Waals surface area contributed by atoms with Crippen LogP contribution in [0.25, 0.3) is 0 Å². The highest BCUT2D eigenvalue weighted by Crippen LogP contribution is 2.25. The molecule has 0 aliphatic carbocycles. The predicted molar refractivity (Wildman–Crippen MR) is 91.1 cm³/mol. The molecular formula is C17H15Cl2NO3. The second-order valence-electron chi connectivity index (χ2n) is 5.00. The zero-order valence-corrected chi connectivity index (χ0v) is 14.1. The van der Waals surface area contributed by atoms with Crippen LogP contribution in [0.2, 0.25) is 10.0 Å². The molecule has 0 heterocycles. The maximum atomic E-state index is 12.1. The fraction of sp³-hybridized carbons (Fsp3) is 0.176. The van der Waals surface area contributed by atoms with Crippen molar-refractivity contribution in [3.63, 3.8) is 0 Å². The minimum absolute atomic E-state index is 0.0471. The Morgan fingerprint density at radius 3 is 2.17 bits per heavy atom. The van der Waals surface area contributed by atoms with E-state index in [1.807, 2.05) is 19.1 Å². The van der Waals surface area contributed by atoms with Crippen molar-refractivity contribution in [3.8, 4) is 0 Å². The fourth-order valence-corrected chi connectivity index (χ4v) is 2.40. The number of benzene rings is 2. The molecule has 0 aromatic heterocycles. The van der Waals surface area contributed by atoms with Gasteiger partial charge < -0.3 is 10.1 Å². The molecular weight excluding hydrogens is 337 g/mol. The van der Waals surface area contributed by atoms with E-state index in [0.717, 1.165) is 5.56 Å². The molecule has 0 aliphatic rings. The van der Waals surface area contributed by atoms with Crippen molar-refractivity contribution in [1.29, 1.82) is 0 Å². The molecule has 120 valence electrons. The van der Waals surface area contributed by atoms with Crippen molar-refractivity contribution in [1.82, 2.24) is 0 Å². The molecule has 0 saturated heterocycles. The van der Waals surface area contributed by atoms with E-state index >= 15 is 0 Å². The molecule has 6 heteroatoms. The molecule has 1 N–H and O–H groups in total. The summed E-state index contributed by atoms with van der Waals surface area (Å²) < 4.78 is 5.14. The Hall–Kier alpha value is -2.04. The molecule has 0 saturated carbocycles. The van der Waals surface area contributed by atoms with Crippen LogP contribution < -0.4 is 5.32 Å². The number of carbonyl (C=O) groups is 2. The van der Waals surface area contributed by atoms with Gasteiger partial charge in [0.05, 0.1) is 15.6 Å². The van der Waals surface area contributed by atoms with E-state index < -0.39 is 18.0 Å². The van der Waals surface area contributed by atoms with Crippen LogP contribution in [0.5, 0.6) is 0 Å². The van der Waals surface area contributed by atoms with E-state index in [-0.39, 0.29) is 15.6 Å². The standard InChI is InChI=1S/C17H15Cl2NO3/c1-10-6-8-12(9-7-10)20-16(21)11(2)23-17(22)15-13(18)4-3-5-14(15)19/h3-9,11H,1-2H3,(H,20,21)/t11-/m0/s1. The number of aryl methyl sites for hydroxylation is 1. The first kappa shape index (κ1) is 17.3. The first-order valence-corrected chi connectivity index (χ1v) is 7.66. The van der Waals surface area contributed by atoms with Crippen LogP contribution in [-0.4, -0.2) is 18.0 Å². The molecule has 0 spiro atoms. The van der Waals surface area contributed by atoms with E-state index in [1.165, 1.54) is 19.1 Å². The zero-order valence-electron chi connectivity index (χ0n) is 12.6. The van der Waals surface area contributed by atoms with Crippen molar-refractivity contribution >= 4 is 40.8 Å². The lowest BCUT2D eigenvalue weighted by atomic mass is 10.2. The minimum atomic E-state index is -0.990. The summed E-state index contributed by atoms with van der Waals surface area (Å²) in [6.45, 7) is 3.43. The van der Waals surface area contributed by atoms with Gasteiger partial charge in [0.25, 0.3) is 5.91 Å². The van der Waals surface area contributed by atoms with Gasteiger partial charge in [0.2, 0.25) is 0 Å². The molecule has 2 aromatic rings. The van der Waals surface area contributed by atoms with E-state index in [0.29, 0.717) is 5.69 Å². The van der Waals surface area contributed by atoms with E-state index in [4.69, 9.17) is 27.9 Å². The molecule has 2 rings (SSSR count). The number of amides is 1. The molecule has 0 unspecified atom stereocenters. The molecule has 1 atom stereocenters. The van der Waals surface area contributed by atoms with E-state index in [2.05, 4.69) is 5.32 Å². The van der Waals surface area contributed by atoms with Gasteiger partial charge in [-0.3, -0.25) is 4.79 Å². The van der Waals surface area contributed by atoms with Gasteiger partial charge in [-0.2, -0.15) is 0 Å². The average molecular weight is 352 g/mol. The van der Waals surface area contributed by atoms with Gasteiger partial charge in [0.1, 0.15) is 0 Å². The molecule has 4 nitrogen and oxygen atoms in total. The summed E-state index contributed by atoms with van der Waals surface area (Å²) in [5, 5.41) is 3.02. The molecule has 0 radical (unpaired) electrons. The summed E-state index contributed by atoms with van der Waals surface area (Å²) in [7, 11) is 0. The predicted octanol–water partition coefficient (Wildman–Crippen LogP) is 4.49. The number of halogens is 2.